The van der Waals surface area contributed by atoms with E-state index in [1.165, 1.54) is 35.2 Å². The molecule has 7 nitrogen and oxygen atoms in total. The number of halogens is 1. The number of carbonyl (C=O) groups excluding carboxylic acids is 1. The molecule has 0 N–H and O–H groups in total. The van der Waals surface area contributed by atoms with E-state index in [1.807, 2.05) is 23.6 Å². The van der Waals surface area contributed by atoms with Gasteiger partial charge in [0, 0.05) is 17.7 Å². The Labute approximate surface area is 192 Å². The first-order valence-corrected chi connectivity index (χ1v) is 11.5. The molecule has 0 radical (unpaired) electrons. The van der Waals surface area contributed by atoms with Gasteiger partial charge in [0.1, 0.15) is 21.6 Å². The summed E-state index contributed by atoms with van der Waals surface area (Å²) in [4.78, 5) is 12.5. The Morgan fingerprint density at radius 3 is 2.47 bits per heavy atom. The van der Waals surface area contributed by atoms with Crippen LogP contribution >= 0.6 is 23.1 Å². The Kier molecular flexibility index (Phi) is 6.68. The first-order chi connectivity index (χ1) is 15.6. The maximum absolute atomic E-state index is 13.2. The molecule has 0 fully saturated rings. The molecule has 4 aromatic rings. The molecule has 0 aliphatic rings. The van der Waals surface area contributed by atoms with Crippen LogP contribution in [0.5, 0.6) is 0 Å². The molecule has 0 unspecified atom stereocenters. The molecule has 160 valence electrons. The number of hydrogen-bond acceptors (Lipinski definition) is 8. The number of benzene rings is 2. The summed E-state index contributed by atoms with van der Waals surface area (Å²) in [7, 11) is 0. The van der Waals surface area contributed by atoms with Crippen molar-refractivity contribution in [3.05, 3.63) is 64.9 Å². The normalized spacial score (nSPS) is 10.8. The van der Waals surface area contributed by atoms with E-state index in [9.17, 15) is 9.18 Å². The van der Waals surface area contributed by atoms with Crippen LogP contribution in [-0.2, 0) is 17.8 Å². The van der Waals surface area contributed by atoms with Gasteiger partial charge < -0.3 is 4.57 Å². The second-order valence-electron chi connectivity index (χ2n) is 6.75. The summed E-state index contributed by atoms with van der Waals surface area (Å²) in [6.45, 7) is 2.59. The molecule has 0 atom stereocenters. The fraction of sp³-hybridized carbons (Fsp3) is 0.182. The number of nitrogens with zero attached hydrogens (tertiary/aromatic N) is 6. The minimum atomic E-state index is -0.310. The molecular formula is C22H17FN6OS2. The summed E-state index contributed by atoms with van der Waals surface area (Å²) in [5.41, 5.74) is 2.20. The second kappa shape index (κ2) is 9.80. The van der Waals surface area contributed by atoms with Gasteiger partial charge in [0.05, 0.1) is 23.8 Å². The lowest BCUT2D eigenvalue weighted by molar-refractivity contribution is -0.116. The first-order valence-electron chi connectivity index (χ1n) is 9.74. The van der Waals surface area contributed by atoms with Gasteiger partial charge in [-0.3, -0.25) is 4.79 Å². The van der Waals surface area contributed by atoms with Crippen molar-refractivity contribution in [1.82, 2.24) is 25.0 Å². The highest BCUT2D eigenvalue weighted by Crippen LogP contribution is 2.26. The number of carbonyl (C=O) groups is 1. The Balaban J connectivity index is 1.39. The fourth-order valence-electron chi connectivity index (χ4n) is 2.99. The third-order valence-corrected chi connectivity index (χ3v) is 6.57. The van der Waals surface area contributed by atoms with Crippen LogP contribution < -0.4 is 0 Å². The van der Waals surface area contributed by atoms with Crippen LogP contribution in [0.25, 0.3) is 22.0 Å². The van der Waals surface area contributed by atoms with E-state index in [4.69, 9.17) is 5.26 Å². The van der Waals surface area contributed by atoms with Crippen LogP contribution in [0.2, 0.25) is 0 Å². The van der Waals surface area contributed by atoms with E-state index in [2.05, 4.69) is 26.5 Å². The number of ketones is 1. The van der Waals surface area contributed by atoms with Gasteiger partial charge in [-0.05, 0) is 43.3 Å². The van der Waals surface area contributed by atoms with Crippen molar-refractivity contribution in [1.29, 1.82) is 5.26 Å². The third-order valence-electron chi connectivity index (χ3n) is 4.57. The zero-order chi connectivity index (χ0) is 22.5. The number of aromatic nitrogens is 5. The summed E-state index contributed by atoms with van der Waals surface area (Å²) in [6, 6.07) is 15.2. The zero-order valence-corrected chi connectivity index (χ0v) is 18.7. The first kappa shape index (κ1) is 21.8. The van der Waals surface area contributed by atoms with Crippen molar-refractivity contribution >= 4 is 28.9 Å². The van der Waals surface area contributed by atoms with Gasteiger partial charge in [0.15, 0.2) is 11.0 Å². The molecule has 0 amide bonds. The van der Waals surface area contributed by atoms with Crippen molar-refractivity contribution in [2.24, 2.45) is 0 Å². The van der Waals surface area contributed by atoms with Crippen LogP contribution in [0.3, 0.4) is 0 Å². The molecule has 32 heavy (non-hydrogen) atoms. The minimum absolute atomic E-state index is 0.00603. The Hall–Kier alpha value is -3.42. The second-order valence-corrected chi connectivity index (χ2v) is 8.76. The summed E-state index contributed by atoms with van der Waals surface area (Å²) >= 11 is 2.68. The van der Waals surface area contributed by atoms with Gasteiger partial charge >= 0.3 is 0 Å². The van der Waals surface area contributed by atoms with Crippen molar-refractivity contribution in [2.45, 2.75) is 25.0 Å². The largest absolute Gasteiger partial charge is 0.302 e. The average molecular weight is 465 g/mol. The molecule has 2 heterocycles. The lowest BCUT2D eigenvalue weighted by Gasteiger charge is -2.07. The van der Waals surface area contributed by atoms with Crippen molar-refractivity contribution in [2.75, 3.05) is 5.75 Å². The molecular weight excluding hydrogens is 447 g/mol. The molecule has 0 saturated heterocycles. The van der Waals surface area contributed by atoms with Gasteiger partial charge in [-0.15, -0.1) is 20.4 Å². The molecule has 0 spiro atoms. The van der Waals surface area contributed by atoms with Crippen LogP contribution in [0.1, 0.15) is 17.5 Å². The lowest BCUT2D eigenvalue weighted by atomic mass is 10.2. The molecule has 0 aliphatic heterocycles. The fourth-order valence-corrected chi connectivity index (χ4v) is 4.72. The number of nitriles is 1. The van der Waals surface area contributed by atoms with Crippen LogP contribution in [0, 0.1) is 17.1 Å². The smallest absolute Gasteiger partial charge is 0.191 e. The molecule has 2 aromatic carbocycles. The summed E-state index contributed by atoms with van der Waals surface area (Å²) in [5, 5.41) is 27.6. The topological polar surface area (TPSA) is 97.3 Å². The SMILES string of the molecule is CCn1c(SCC(=O)Cc2nnc(-c3ccc(C#N)cc3)s2)nnc1-c1ccc(F)cc1. The van der Waals surface area contributed by atoms with Crippen molar-refractivity contribution in [3.63, 3.8) is 0 Å². The van der Waals surface area contributed by atoms with E-state index >= 15 is 0 Å². The van der Waals surface area contributed by atoms with E-state index < -0.39 is 0 Å². The highest BCUT2D eigenvalue weighted by Gasteiger charge is 2.16. The Bertz CT molecular complexity index is 1280. The predicted molar refractivity (Wildman–Crippen MR) is 121 cm³/mol. The summed E-state index contributed by atoms with van der Waals surface area (Å²) < 4.78 is 15.1. The van der Waals surface area contributed by atoms with E-state index in [0.29, 0.717) is 33.1 Å². The zero-order valence-electron chi connectivity index (χ0n) is 17.0. The maximum Gasteiger partial charge on any atom is 0.191 e. The molecule has 10 heteroatoms. The van der Waals surface area contributed by atoms with Crippen LogP contribution in [0.15, 0.2) is 53.7 Å². The van der Waals surface area contributed by atoms with Gasteiger partial charge in [-0.25, -0.2) is 4.39 Å². The predicted octanol–water partition coefficient (Wildman–Crippen LogP) is 4.40. The van der Waals surface area contributed by atoms with Crippen LogP contribution in [0.4, 0.5) is 4.39 Å². The van der Waals surface area contributed by atoms with Gasteiger partial charge in [-0.2, -0.15) is 5.26 Å². The summed E-state index contributed by atoms with van der Waals surface area (Å²) in [5.74, 6) is 0.563. The van der Waals surface area contributed by atoms with Crippen LogP contribution in [-0.4, -0.2) is 36.5 Å². The summed E-state index contributed by atoms with van der Waals surface area (Å²) in [6.07, 6.45) is 0.187. The number of hydrogen-bond donors (Lipinski definition) is 0. The quantitative estimate of drug-likeness (QED) is 0.357. The highest BCUT2D eigenvalue weighted by atomic mass is 32.2. The Morgan fingerprint density at radius 1 is 1.06 bits per heavy atom. The van der Waals surface area contributed by atoms with E-state index in [0.717, 1.165) is 11.1 Å². The average Bonchev–Trinajstić information content (AvgIpc) is 3.45. The van der Waals surface area contributed by atoms with Crippen molar-refractivity contribution < 1.29 is 9.18 Å². The van der Waals surface area contributed by atoms with Gasteiger partial charge in [0.2, 0.25) is 0 Å². The third kappa shape index (κ3) is 4.90. The number of thioether (sulfide) groups is 1. The molecule has 0 saturated carbocycles. The highest BCUT2D eigenvalue weighted by molar-refractivity contribution is 7.99. The number of rotatable bonds is 8. The monoisotopic (exact) mass is 464 g/mol. The lowest BCUT2D eigenvalue weighted by Crippen LogP contribution is -2.07. The van der Waals surface area contributed by atoms with E-state index in [-0.39, 0.29) is 23.8 Å². The van der Waals surface area contributed by atoms with Gasteiger partial charge in [-0.1, -0.05) is 35.2 Å². The van der Waals surface area contributed by atoms with Crippen molar-refractivity contribution in [3.8, 4) is 28.0 Å². The molecule has 0 aliphatic carbocycles. The molecule has 2 aromatic heterocycles. The molecule has 4 rings (SSSR count). The standard InChI is InChI=1S/C22H17FN6OS2/c1-2-29-20(15-7-9-17(23)10-8-15)26-28-22(29)31-13-18(30)11-19-25-27-21(32-19)16-5-3-14(12-24)4-6-16/h3-10H,2,11,13H2,1H3. The number of Topliss-reactive ketones (excluding diaryl/α,β-unsaturated/α-hetero) is 1. The minimum Gasteiger partial charge on any atom is -0.302 e. The maximum atomic E-state index is 13.2. The Morgan fingerprint density at radius 2 is 1.78 bits per heavy atom. The van der Waals surface area contributed by atoms with E-state index in [1.54, 1.807) is 24.3 Å². The molecule has 0 bridgehead atoms. The van der Waals surface area contributed by atoms with Gasteiger partial charge in [0.25, 0.3) is 0 Å².